The molecular formula is C14H20N6OS. The normalized spacial score (nSPS) is 16.4. The highest BCUT2D eigenvalue weighted by atomic mass is 32.2. The third-order valence-electron chi connectivity index (χ3n) is 3.78. The minimum Gasteiger partial charge on any atom is -0.339 e. The van der Waals surface area contributed by atoms with E-state index < -0.39 is 0 Å². The Labute approximate surface area is 133 Å². The highest BCUT2D eigenvalue weighted by Gasteiger charge is 2.19. The van der Waals surface area contributed by atoms with Crippen molar-refractivity contribution in [2.75, 3.05) is 39.0 Å². The lowest BCUT2D eigenvalue weighted by Gasteiger charge is -2.32. The van der Waals surface area contributed by atoms with E-state index in [4.69, 9.17) is 0 Å². The van der Waals surface area contributed by atoms with Crippen molar-refractivity contribution in [3.05, 3.63) is 17.5 Å². The van der Waals surface area contributed by atoms with E-state index in [1.54, 1.807) is 4.52 Å². The molecule has 1 fully saturated rings. The molecule has 0 N–H and O–H groups in total. The number of likely N-dealkylation sites (N-methyl/N-ethyl adjacent to an activating group) is 1. The first-order valence-electron chi connectivity index (χ1n) is 7.33. The minimum atomic E-state index is 0.151. The third-order valence-corrected chi connectivity index (χ3v) is 4.60. The van der Waals surface area contributed by atoms with Gasteiger partial charge in [-0.25, -0.2) is 9.50 Å². The number of carbonyl (C=O) groups is 1. The fourth-order valence-electron chi connectivity index (χ4n) is 2.48. The number of rotatable bonds is 3. The second kappa shape index (κ2) is 6.21. The summed E-state index contributed by atoms with van der Waals surface area (Å²) in [6.07, 6.45) is 0. The predicted octanol–water partition coefficient (Wildman–Crippen LogP) is 0.607. The molecular weight excluding hydrogens is 300 g/mol. The Kier molecular flexibility index (Phi) is 4.30. The van der Waals surface area contributed by atoms with Gasteiger partial charge in [-0.3, -0.25) is 4.79 Å². The molecule has 3 heterocycles. The summed E-state index contributed by atoms with van der Waals surface area (Å²) in [6, 6.07) is 1.96. The number of hydrogen-bond donors (Lipinski definition) is 0. The van der Waals surface area contributed by atoms with Crippen molar-refractivity contribution < 1.29 is 4.79 Å². The van der Waals surface area contributed by atoms with E-state index in [2.05, 4.69) is 27.0 Å². The van der Waals surface area contributed by atoms with Gasteiger partial charge in [-0.1, -0.05) is 11.8 Å². The molecule has 8 heteroatoms. The summed E-state index contributed by atoms with van der Waals surface area (Å²) in [7, 11) is 2.08. The first-order valence-corrected chi connectivity index (χ1v) is 8.31. The number of thioether (sulfide) groups is 1. The van der Waals surface area contributed by atoms with Crippen LogP contribution in [0.1, 0.15) is 11.4 Å². The summed E-state index contributed by atoms with van der Waals surface area (Å²) in [4.78, 5) is 25.1. The molecule has 1 aliphatic heterocycles. The van der Waals surface area contributed by atoms with Crippen LogP contribution in [0.2, 0.25) is 0 Å². The molecule has 1 aliphatic rings. The summed E-state index contributed by atoms with van der Waals surface area (Å²) >= 11 is 1.38. The van der Waals surface area contributed by atoms with Crippen LogP contribution in [0.3, 0.4) is 0 Å². The Bertz CT molecular complexity index is 692. The monoisotopic (exact) mass is 320 g/mol. The number of nitrogens with zero attached hydrogens (tertiary/aromatic N) is 6. The quantitative estimate of drug-likeness (QED) is 0.772. The van der Waals surface area contributed by atoms with Crippen LogP contribution >= 0.6 is 11.8 Å². The summed E-state index contributed by atoms with van der Waals surface area (Å²) in [5.41, 5.74) is 1.91. The number of hydrogen-bond acceptors (Lipinski definition) is 6. The molecule has 0 spiro atoms. The van der Waals surface area contributed by atoms with Gasteiger partial charge in [-0.05, 0) is 27.0 Å². The highest BCUT2D eigenvalue weighted by molar-refractivity contribution is 7.99. The van der Waals surface area contributed by atoms with Gasteiger partial charge in [-0.15, -0.1) is 5.10 Å². The lowest BCUT2D eigenvalue weighted by molar-refractivity contribution is -0.129. The molecule has 0 aliphatic carbocycles. The first-order chi connectivity index (χ1) is 10.5. The Morgan fingerprint density at radius 1 is 1.23 bits per heavy atom. The number of aryl methyl sites for hydroxylation is 2. The average molecular weight is 320 g/mol. The number of aromatic nitrogens is 4. The number of carbonyl (C=O) groups excluding carboxylic acids is 1. The topological polar surface area (TPSA) is 66.6 Å². The SMILES string of the molecule is Cc1cc(C)n2nc(SCC(=O)N3CCN(C)CC3)nc2n1. The van der Waals surface area contributed by atoms with Gasteiger partial charge in [0.15, 0.2) is 0 Å². The molecule has 0 unspecified atom stereocenters. The van der Waals surface area contributed by atoms with Gasteiger partial charge in [0.1, 0.15) is 0 Å². The zero-order valence-corrected chi connectivity index (χ0v) is 13.9. The summed E-state index contributed by atoms with van der Waals surface area (Å²) in [5.74, 6) is 1.11. The van der Waals surface area contributed by atoms with Gasteiger partial charge in [0.2, 0.25) is 11.1 Å². The molecule has 0 bridgehead atoms. The molecule has 7 nitrogen and oxygen atoms in total. The zero-order valence-electron chi connectivity index (χ0n) is 13.1. The molecule has 3 rings (SSSR count). The predicted molar refractivity (Wildman–Crippen MR) is 85.1 cm³/mol. The van der Waals surface area contributed by atoms with Crippen molar-refractivity contribution >= 4 is 23.4 Å². The summed E-state index contributed by atoms with van der Waals surface area (Å²) in [5, 5.41) is 5.01. The van der Waals surface area contributed by atoms with Crippen LogP contribution in [0, 0.1) is 13.8 Å². The third kappa shape index (κ3) is 3.22. The molecule has 1 saturated heterocycles. The average Bonchev–Trinajstić information content (AvgIpc) is 2.89. The molecule has 118 valence electrons. The van der Waals surface area contributed by atoms with Crippen LogP contribution in [0.5, 0.6) is 0 Å². The van der Waals surface area contributed by atoms with E-state index in [0.29, 0.717) is 16.7 Å². The number of piperazine rings is 1. The van der Waals surface area contributed by atoms with E-state index in [1.165, 1.54) is 11.8 Å². The van der Waals surface area contributed by atoms with Crippen molar-refractivity contribution in [3.63, 3.8) is 0 Å². The van der Waals surface area contributed by atoms with Crippen LogP contribution in [-0.2, 0) is 4.79 Å². The fraction of sp³-hybridized carbons (Fsp3) is 0.571. The van der Waals surface area contributed by atoms with Crippen LogP contribution < -0.4 is 0 Å². The molecule has 0 atom stereocenters. The van der Waals surface area contributed by atoms with Crippen molar-refractivity contribution in [3.8, 4) is 0 Å². The van der Waals surface area contributed by atoms with Gasteiger partial charge in [0, 0.05) is 37.6 Å². The second-order valence-corrected chi connectivity index (χ2v) is 6.56. The van der Waals surface area contributed by atoms with Crippen molar-refractivity contribution in [2.24, 2.45) is 0 Å². The van der Waals surface area contributed by atoms with Crippen molar-refractivity contribution in [1.82, 2.24) is 29.4 Å². The Balaban J connectivity index is 1.64. The highest BCUT2D eigenvalue weighted by Crippen LogP contribution is 2.16. The van der Waals surface area contributed by atoms with E-state index >= 15 is 0 Å². The van der Waals surface area contributed by atoms with Gasteiger partial charge in [-0.2, -0.15) is 4.98 Å². The molecule has 0 aromatic carbocycles. The smallest absolute Gasteiger partial charge is 0.253 e. The minimum absolute atomic E-state index is 0.151. The van der Waals surface area contributed by atoms with Crippen LogP contribution in [-0.4, -0.2) is 74.3 Å². The Morgan fingerprint density at radius 2 is 1.95 bits per heavy atom. The standard InChI is InChI=1S/C14H20N6OS/c1-10-8-11(2)20-13(15-10)16-14(17-20)22-9-12(21)19-6-4-18(3)5-7-19/h8H,4-7,9H2,1-3H3. The van der Waals surface area contributed by atoms with E-state index in [-0.39, 0.29) is 5.91 Å². The second-order valence-electron chi connectivity index (χ2n) is 5.62. The number of amides is 1. The molecule has 0 radical (unpaired) electrons. The summed E-state index contributed by atoms with van der Waals surface area (Å²) in [6.45, 7) is 7.38. The lowest BCUT2D eigenvalue weighted by Crippen LogP contribution is -2.47. The maximum Gasteiger partial charge on any atom is 0.253 e. The Hall–Kier alpha value is -1.67. The maximum absolute atomic E-state index is 12.2. The van der Waals surface area contributed by atoms with E-state index in [1.807, 2.05) is 24.8 Å². The molecule has 22 heavy (non-hydrogen) atoms. The van der Waals surface area contributed by atoms with Gasteiger partial charge in [0.05, 0.1) is 5.75 Å². The van der Waals surface area contributed by atoms with Gasteiger partial charge < -0.3 is 9.80 Å². The van der Waals surface area contributed by atoms with Crippen molar-refractivity contribution in [1.29, 1.82) is 0 Å². The maximum atomic E-state index is 12.2. The largest absolute Gasteiger partial charge is 0.339 e. The Morgan fingerprint density at radius 3 is 2.68 bits per heavy atom. The first kappa shape index (κ1) is 15.2. The lowest BCUT2D eigenvalue weighted by atomic mass is 10.3. The fourth-order valence-corrected chi connectivity index (χ4v) is 3.20. The molecule has 2 aromatic heterocycles. The van der Waals surface area contributed by atoms with Gasteiger partial charge in [0.25, 0.3) is 5.78 Å². The van der Waals surface area contributed by atoms with E-state index in [9.17, 15) is 4.79 Å². The summed E-state index contributed by atoms with van der Waals surface area (Å²) < 4.78 is 1.72. The van der Waals surface area contributed by atoms with Crippen LogP contribution in [0.15, 0.2) is 11.2 Å². The molecule has 0 saturated carbocycles. The molecule has 1 amide bonds. The van der Waals surface area contributed by atoms with E-state index in [0.717, 1.165) is 37.6 Å². The van der Waals surface area contributed by atoms with Crippen LogP contribution in [0.25, 0.3) is 5.78 Å². The van der Waals surface area contributed by atoms with Crippen LogP contribution in [0.4, 0.5) is 0 Å². The van der Waals surface area contributed by atoms with Crippen molar-refractivity contribution in [2.45, 2.75) is 19.0 Å². The number of fused-ring (bicyclic) bond motifs is 1. The zero-order chi connectivity index (χ0) is 15.7. The van der Waals surface area contributed by atoms with Gasteiger partial charge >= 0.3 is 0 Å². The molecule has 2 aromatic rings.